The molecule has 0 unspecified atom stereocenters. The van der Waals surface area contributed by atoms with Gasteiger partial charge in [0.15, 0.2) is 0 Å². The first-order valence-corrected chi connectivity index (χ1v) is 8.76. The fraction of sp³-hybridized carbons (Fsp3) is 0.562. The maximum Gasteiger partial charge on any atom is 0.230 e. The van der Waals surface area contributed by atoms with Gasteiger partial charge < -0.3 is 10.4 Å². The minimum atomic E-state index is -0.0984. The van der Waals surface area contributed by atoms with Gasteiger partial charge in [0.2, 0.25) is 5.91 Å². The van der Waals surface area contributed by atoms with Crippen LogP contribution in [0.2, 0.25) is 5.02 Å². The molecule has 1 aliphatic carbocycles. The molecule has 0 bridgehead atoms. The molecule has 1 amide bonds. The van der Waals surface area contributed by atoms with E-state index in [0.717, 1.165) is 30.6 Å². The SMILES string of the molecule is O=C(CSc1ccc(Cl)cc1)NCC1(CO)CCCCC1. The van der Waals surface area contributed by atoms with Crippen LogP contribution in [0.15, 0.2) is 29.2 Å². The third-order valence-corrected chi connectivity index (χ3v) is 5.36. The molecule has 0 aliphatic heterocycles. The molecule has 1 aliphatic rings. The molecule has 1 aromatic carbocycles. The minimum Gasteiger partial charge on any atom is -0.396 e. The van der Waals surface area contributed by atoms with E-state index in [2.05, 4.69) is 5.32 Å². The van der Waals surface area contributed by atoms with Crippen LogP contribution in [0, 0.1) is 5.41 Å². The lowest BCUT2D eigenvalue weighted by Crippen LogP contribution is -2.42. The van der Waals surface area contributed by atoms with Crippen LogP contribution in [0.4, 0.5) is 0 Å². The molecule has 1 saturated carbocycles. The second kappa shape index (κ2) is 8.06. The van der Waals surface area contributed by atoms with Crippen molar-refractivity contribution in [2.24, 2.45) is 5.41 Å². The fourth-order valence-corrected chi connectivity index (χ4v) is 3.56. The number of carbonyl (C=O) groups is 1. The van der Waals surface area contributed by atoms with Crippen LogP contribution in [0.5, 0.6) is 0 Å². The Morgan fingerprint density at radius 3 is 2.52 bits per heavy atom. The summed E-state index contributed by atoms with van der Waals surface area (Å²) in [5.74, 6) is 0.414. The Balaban J connectivity index is 1.75. The van der Waals surface area contributed by atoms with Crippen molar-refractivity contribution in [1.82, 2.24) is 5.32 Å². The molecular formula is C16H22ClNO2S. The Morgan fingerprint density at radius 1 is 1.24 bits per heavy atom. The molecule has 5 heteroatoms. The molecule has 116 valence electrons. The predicted molar refractivity (Wildman–Crippen MR) is 87.8 cm³/mol. The van der Waals surface area contributed by atoms with Crippen molar-refractivity contribution in [2.45, 2.75) is 37.0 Å². The van der Waals surface area contributed by atoms with Crippen molar-refractivity contribution in [3.05, 3.63) is 29.3 Å². The van der Waals surface area contributed by atoms with Crippen LogP contribution >= 0.6 is 23.4 Å². The van der Waals surface area contributed by atoms with E-state index in [1.54, 1.807) is 0 Å². The number of thioether (sulfide) groups is 1. The fourth-order valence-electron chi connectivity index (χ4n) is 2.71. The van der Waals surface area contributed by atoms with Gasteiger partial charge in [-0.1, -0.05) is 30.9 Å². The summed E-state index contributed by atoms with van der Waals surface area (Å²) in [6.45, 7) is 0.751. The van der Waals surface area contributed by atoms with E-state index in [-0.39, 0.29) is 17.9 Å². The van der Waals surface area contributed by atoms with Gasteiger partial charge in [-0.15, -0.1) is 11.8 Å². The van der Waals surface area contributed by atoms with Crippen LogP contribution in [0.25, 0.3) is 0 Å². The zero-order chi connectivity index (χ0) is 15.1. The molecule has 0 atom stereocenters. The minimum absolute atomic E-state index is 0.0216. The molecule has 0 radical (unpaired) electrons. The van der Waals surface area contributed by atoms with E-state index in [0.29, 0.717) is 17.3 Å². The molecule has 3 nitrogen and oxygen atoms in total. The van der Waals surface area contributed by atoms with Gasteiger partial charge in [0.05, 0.1) is 12.4 Å². The van der Waals surface area contributed by atoms with Crippen molar-refractivity contribution < 1.29 is 9.90 Å². The molecule has 1 fully saturated rings. The highest BCUT2D eigenvalue weighted by atomic mass is 35.5. The number of hydrogen-bond donors (Lipinski definition) is 2. The summed E-state index contributed by atoms with van der Waals surface area (Å²) in [6, 6.07) is 7.47. The smallest absolute Gasteiger partial charge is 0.230 e. The second-order valence-corrected chi connectivity index (χ2v) is 7.22. The zero-order valence-electron chi connectivity index (χ0n) is 12.1. The van der Waals surface area contributed by atoms with Crippen LogP contribution in [0.1, 0.15) is 32.1 Å². The summed E-state index contributed by atoms with van der Waals surface area (Å²) in [7, 11) is 0. The van der Waals surface area contributed by atoms with Crippen molar-refractivity contribution in [1.29, 1.82) is 0 Å². The van der Waals surface area contributed by atoms with Crippen molar-refractivity contribution in [3.63, 3.8) is 0 Å². The Bertz CT molecular complexity index is 458. The van der Waals surface area contributed by atoms with Gasteiger partial charge in [-0.25, -0.2) is 0 Å². The van der Waals surface area contributed by atoms with Crippen molar-refractivity contribution in [3.8, 4) is 0 Å². The summed E-state index contributed by atoms with van der Waals surface area (Å²) >= 11 is 7.33. The number of hydrogen-bond acceptors (Lipinski definition) is 3. The first-order chi connectivity index (χ1) is 10.1. The number of aliphatic hydroxyl groups excluding tert-OH is 1. The first-order valence-electron chi connectivity index (χ1n) is 7.39. The van der Waals surface area contributed by atoms with Gasteiger partial charge in [-0.3, -0.25) is 4.79 Å². The topological polar surface area (TPSA) is 49.3 Å². The Hall–Kier alpha value is -0.710. The number of carbonyl (C=O) groups excluding carboxylic acids is 1. The summed E-state index contributed by atoms with van der Waals surface area (Å²) in [5, 5.41) is 13.3. The maximum atomic E-state index is 11.9. The highest BCUT2D eigenvalue weighted by Gasteiger charge is 2.31. The number of nitrogens with one attached hydrogen (secondary N) is 1. The quantitative estimate of drug-likeness (QED) is 0.786. The molecular weight excluding hydrogens is 306 g/mol. The third kappa shape index (κ3) is 5.20. The van der Waals surface area contributed by atoms with Gasteiger partial charge in [-0.05, 0) is 37.1 Å². The molecule has 0 aromatic heterocycles. The Kier molecular flexibility index (Phi) is 6.40. The van der Waals surface area contributed by atoms with Crippen LogP contribution in [0.3, 0.4) is 0 Å². The molecule has 0 heterocycles. The van der Waals surface area contributed by atoms with Gasteiger partial charge >= 0.3 is 0 Å². The molecule has 0 saturated heterocycles. The average molecular weight is 328 g/mol. The molecule has 21 heavy (non-hydrogen) atoms. The Labute approximate surface area is 135 Å². The summed E-state index contributed by atoms with van der Waals surface area (Å²) in [5.41, 5.74) is -0.0984. The van der Waals surface area contributed by atoms with Crippen molar-refractivity contribution in [2.75, 3.05) is 18.9 Å². The lowest BCUT2D eigenvalue weighted by molar-refractivity contribution is -0.119. The number of halogens is 1. The molecule has 2 N–H and O–H groups in total. The third-order valence-electron chi connectivity index (χ3n) is 4.09. The number of amides is 1. The summed E-state index contributed by atoms with van der Waals surface area (Å²) < 4.78 is 0. The number of benzene rings is 1. The standard InChI is InChI=1S/C16H22ClNO2S/c17-13-4-6-14(7-5-13)21-10-15(20)18-11-16(12-19)8-2-1-3-9-16/h4-7,19H,1-3,8-12H2,(H,18,20). The maximum absolute atomic E-state index is 11.9. The Morgan fingerprint density at radius 2 is 1.90 bits per heavy atom. The van der Waals surface area contributed by atoms with Crippen LogP contribution < -0.4 is 5.32 Å². The van der Waals surface area contributed by atoms with Gasteiger partial charge in [-0.2, -0.15) is 0 Å². The molecule has 2 rings (SSSR count). The highest BCUT2D eigenvalue weighted by Crippen LogP contribution is 2.35. The van der Waals surface area contributed by atoms with E-state index in [4.69, 9.17) is 11.6 Å². The van der Waals surface area contributed by atoms with Crippen molar-refractivity contribution >= 4 is 29.3 Å². The van der Waals surface area contributed by atoms with E-state index in [9.17, 15) is 9.90 Å². The normalized spacial score (nSPS) is 17.4. The second-order valence-electron chi connectivity index (χ2n) is 5.74. The highest BCUT2D eigenvalue weighted by molar-refractivity contribution is 8.00. The lowest BCUT2D eigenvalue weighted by atomic mass is 9.74. The monoisotopic (exact) mass is 327 g/mol. The van der Waals surface area contributed by atoms with Crippen LogP contribution in [-0.2, 0) is 4.79 Å². The van der Waals surface area contributed by atoms with E-state index in [1.807, 2.05) is 24.3 Å². The zero-order valence-corrected chi connectivity index (χ0v) is 13.7. The summed E-state index contributed by atoms with van der Waals surface area (Å²) in [6.07, 6.45) is 5.55. The largest absolute Gasteiger partial charge is 0.396 e. The van der Waals surface area contributed by atoms with Gasteiger partial charge in [0.25, 0.3) is 0 Å². The van der Waals surface area contributed by atoms with E-state index < -0.39 is 0 Å². The van der Waals surface area contributed by atoms with E-state index >= 15 is 0 Å². The summed E-state index contributed by atoms with van der Waals surface area (Å²) in [4.78, 5) is 13.0. The predicted octanol–water partition coefficient (Wildman–Crippen LogP) is 3.49. The van der Waals surface area contributed by atoms with E-state index in [1.165, 1.54) is 18.2 Å². The average Bonchev–Trinajstić information content (AvgIpc) is 2.53. The number of rotatable bonds is 6. The van der Waals surface area contributed by atoms with Gasteiger partial charge in [0, 0.05) is 21.9 Å². The van der Waals surface area contributed by atoms with Crippen LogP contribution in [-0.4, -0.2) is 29.9 Å². The molecule has 1 aromatic rings. The lowest BCUT2D eigenvalue weighted by Gasteiger charge is -2.35. The van der Waals surface area contributed by atoms with Gasteiger partial charge in [0.1, 0.15) is 0 Å². The molecule has 0 spiro atoms. The number of aliphatic hydroxyl groups is 1. The first kappa shape index (κ1) is 16.7.